The number of hydrogen-bond donors (Lipinski definition) is 2. The van der Waals surface area contributed by atoms with Gasteiger partial charge in [-0.15, -0.1) is 0 Å². The molecule has 2 aromatic carbocycles. The Bertz CT molecular complexity index is 646. The van der Waals surface area contributed by atoms with Crippen LogP contribution in [0, 0.1) is 12.7 Å². The van der Waals surface area contributed by atoms with Gasteiger partial charge in [-0.2, -0.15) is 0 Å². The van der Waals surface area contributed by atoms with Crippen LogP contribution in [0.2, 0.25) is 5.02 Å². The fourth-order valence-electron chi connectivity index (χ4n) is 1.91. The Morgan fingerprint density at radius 3 is 2.65 bits per heavy atom. The van der Waals surface area contributed by atoms with E-state index in [1.165, 1.54) is 18.2 Å². The van der Waals surface area contributed by atoms with Gasteiger partial charge < -0.3 is 11.1 Å². The molecule has 1 atom stereocenters. The molecule has 5 heteroatoms. The Labute approximate surface area is 121 Å². The van der Waals surface area contributed by atoms with Gasteiger partial charge in [-0.05, 0) is 42.3 Å². The summed E-state index contributed by atoms with van der Waals surface area (Å²) in [5.41, 5.74) is 7.73. The number of nitrogens with two attached hydrogens (primary N) is 1. The highest BCUT2D eigenvalue weighted by Crippen LogP contribution is 2.24. The van der Waals surface area contributed by atoms with Crippen LogP contribution in [0.3, 0.4) is 0 Å². The van der Waals surface area contributed by atoms with Gasteiger partial charge in [0.1, 0.15) is 11.9 Å². The summed E-state index contributed by atoms with van der Waals surface area (Å²) in [4.78, 5) is 11.6. The highest BCUT2D eigenvalue weighted by atomic mass is 35.5. The van der Waals surface area contributed by atoms with Crippen molar-refractivity contribution in [3.05, 3.63) is 64.4 Å². The smallest absolute Gasteiger partial charge is 0.244 e. The molecule has 104 valence electrons. The Kier molecular flexibility index (Phi) is 4.25. The summed E-state index contributed by atoms with van der Waals surface area (Å²) < 4.78 is 13.2. The summed E-state index contributed by atoms with van der Waals surface area (Å²) in [6.07, 6.45) is 0. The third kappa shape index (κ3) is 3.27. The van der Waals surface area contributed by atoms with Gasteiger partial charge in [0, 0.05) is 5.69 Å². The summed E-state index contributed by atoms with van der Waals surface area (Å²) in [6.45, 7) is 1.94. The quantitative estimate of drug-likeness (QED) is 0.907. The minimum atomic E-state index is -0.769. The first kappa shape index (κ1) is 14.3. The van der Waals surface area contributed by atoms with Gasteiger partial charge in [0.15, 0.2) is 0 Å². The number of anilines is 1. The van der Waals surface area contributed by atoms with Gasteiger partial charge in [0.05, 0.1) is 5.02 Å². The molecule has 0 saturated heterocycles. The molecule has 0 heterocycles. The van der Waals surface area contributed by atoms with Crippen molar-refractivity contribution in [2.75, 3.05) is 5.32 Å². The Balaban J connectivity index is 2.32. The van der Waals surface area contributed by atoms with Crippen LogP contribution in [-0.2, 0) is 4.79 Å². The zero-order valence-electron chi connectivity index (χ0n) is 10.9. The molecule has 0 bridgehead atoms. The first-order valence-corrected chi connectivity index (χ1v) is 6.42. The summed E-state index contributed by atoms with van der Waals surface area (Å²) >= 11 is 5.74. The number of hydrogen-bond acceptors (Lipinski definition) is 2. The van der Waals surface area contributed by atoms with Crippen LogP contribution in [0.25, 0.3) is 0 Å². The van der Waals surface area contributed by atoms with E-state index in [-0.39, 0.29) is 5.02 Å². The van der Waals surface area contributed by atoms with E-state index in [1.54, 1.807) is 0 Å². The first-order valence-electron chi connectivity index (χ1n) is 6.05. The lowest BCUT2D eigenvalue weighted by atomic mass is 10.1. The molecule has 0 aliphatic rings. The van der Waals surface area contributed by atoms with E-state index >= 15 is 0 Å². The molecule has 1 amide bonds. The molecule has 0 aromatic heterocycles. The monoisotopic (exact) mass is 292 g/mol. The SMILES string of the molecule is Cc1cccc(NC(C(N)=O)c2ccc(F)c(Cl)c2)c1. The summed E-state index contributed by atoms with van der Waals surface area (Å²) in [7, 11) is 0. The molecule has 3 N–H and O–H groups in total. The van der Waals surface area contributed by atoms with Crippen LogP contribution in [0.15, 0.2) is 42.5 Å². The van der Waals surface area contributed by atoms with Crippen LogP contribution < -0.4 is 11.1 Å². The molecule has 3 nitrogen and oxygen atoms in total. The molecule has 20 heavy (non-hydrogen) atoms. The predicted molar refractivity (Wildman–Crippen MR) is 78.1 cm³/mol. The molecule has 0 radical (unpaired) electrons. The van der Waals surface area contributed by atoms with Gasteiger partial charge in [0.2, 0.25) is 5.91 Å². The molecule has 0 saturated carbocycles. The number of aryl methyl sites for hydroxylation is 1. The van der Waals surface area contributed by atoms with Gasteiger partial charge in [0.25, 0.3) is 0 Å². The molecular formula is C15H14ClFN2O. The van der Waals surface area contributed by atoms with Crippen LogP contribution in [0.1, 0.15) is 17.2 Å². The van der Waals surface area contributed by atoms with Crippen molar-refractivity contribution in [1.82, 2.24) is 0 Å². The summed E-state index contributed by atoms with van der Waals surface area (Å²) in [6, 6.07) is 10.9. The zero-order chi connectivity index (χ0) is 14.7. The largest absolute Gasteiger partial charge is 0.370 e. The number of carbonyl (C=O) groups excluding carboxylic acids is 1. The highest BCUT2D eigenvalue weighted by molar-refractivity contribution is 6.30. The average molecular weight is 293 g/mol. The van der Waals surface area contributed by atoms with Gasteiger partial charge in [-0.3, -0.25) is 4.79 Å². The first-order chi connectivity index (χ1) is 9.47. The maximum absolute atomic E-state index is 13.2. The predicted octanol–water partition coefficient (Wildman–Crippen LogP) is 3.43. The fourth-order valence-corrected chi connectivity index (χ4v) is 2.10. The molecule has 0 fully saturated rings. The topological polar surface area (TPSA) is 55.1 Å². The Morgan fingerprint density at radius 2 is 2.05 bits per heavy atom. The van der Waals surface area contributed by atoms with E-state index in [1.807, 2.05) is 31.2 Å². The van der Waals surface area contributed by atoms with Crippen LogP contribution >= 0.6 is 11.6 Å². The number of carbonyl (C=O) groups is 1. The van der Waals surface area contributed by atoms with Gasteiger partial charge >= 0.3 is 0 Å². The lowest BCUT2D eigenvalue weighted by molar-refractivity contribution is -0.118. The second kappa shape index (κ2) is 5.92. The Morgan fingerprint density at radius 1 is 1.30 bits per heavy atom. The van der Waals surface area contributed by atoms with E-state index in [4.69, 9.17) is 17.3 Å². The van der Waals surface area contributed by atoms with E-state index in [0.717, 1.165) is 11.3 Å². The number of halogens is 2. The van der Waals surface area contributed by atoms with E-state index in [2.05, 4.69) is 5.32 Å². The third-order valence-electron chi connectivity index (χ3n) is 2.89. The maximum Gasteiger partial charge on any atom is 0.244 e. The van der Waals surface area contributed by atoms with Crippen molar-refractivity contribution in [2.45, 2.75) is 13.0 Å². The van der Waals surface area contributed by atoms with Crippen molar-refractivity contribution in [2.24, 2.45) is 5.73 Å². The van der Waals surface area contributed by atoms with Crippen LogP contribution in [-0.4, -0.2) is 5.91 Å². The lowest BCUT2D eigenvalue weighted by Crippen LogP contribution is -2.27. The van der Waals surface area contributed by atoms with Gasteiger partial charge in [-0.25, -0.2) is 4.39 Å². The van der Waals surface area contributed by atoms with Crippen molar-refractivity contribution in [3.63, 3.8) is 0 Å². The standard InChI is InChI=1S/C15H14ClFN2O/c1-9-3-2-4-11(7-9)19-14(15(18)20)10-5-6-13(17)12(16)8-10/h2-8,14,19H,1H3,(H2,18,20). The van der Waals surface area contributed by atoms with Crippen LogP contribution in [0.4, 0.5) is 10.1 Å². The van der Waals surface area contributed by atoms with E-state index in [0.29, 0.717) is 5.56 Å². The fraction of sp³-hybridized carbons (Fsp3) is 0.133. The molecule has 2 rings (SSSR count). The summed E-state index contributed by atoms with van der Waals surface area (Å²) in [5, 5.41) is 2.98. The molecular weight excluding hydrogens is 279 g/mol. The minimum absolute atomic E-state index is 0.0419. The number of amides is 1. The number of rotatable bonds is 4. The summed E-state index contributed by atoms with van der Waals surface area (Å²) in [5.74, 6) is -1.09. The molecule has 0 aliphatic heterocycles. The van der Waals surface area contributed by atoms with E-state index < -0.39 is 17.8 Å². The van der Waals surface area contributed by atoms with Crippen LogP contribution in [0.5, 0.6) is 0 Å². The Hall–Kier alpha value is -2.07. The highest BCUT2D eigenvalue weighted by Gasteiger charge is 2.18. The number of nitrogens with one attached hydrogen (secondary N) is 1. The number of benzene rings is 2. The zero-order valence-corrected chi connectivity index (χ0v) is 11.6. The maximum atomic E-state index is 13.2. The van der Waals surface area contributed by atoms with E-state index in [9.17, 15) is 9.18 Å². The van der Waals surface area contributed by atoms with Crippen molar-refractivity contribution in [3.8, 4) is 0 Å². The average Bonchev–Trinajstić information content (AvgIpc) is 2.39. The molecule has 1 unspecified atom stereocenters. The molecule has 2 aromatic rings. The second-order valence-corrected chi connectivity index (χ2v) is 4.93. The van der Waals surface area contributed by atoms with Crippen molar-refractivity contribution in [1.29, 1.82) is 0 Å². The second-order valence-electron chi connectivity index (χ2n) is 4.52. The number of primary amides is 1. The molecule has 0 aliphatic carbocycles. The van der Waals surface area contributed by atoms with Crippen molar-refractivity contribution >= 4 is 23.2 Å². The van der Waals surface area contributed by atoms with Gasteiger partial charge in [-0.1, -0.05) is 29.8 Å². The normalized spacial score (nSPS) is 11.9. The lowest BCUT2D eigenvalue weighted by Gasteiger charge is -2.18. The molecule has 0 spiro atoms. The minimum Gasteiger partial charge on any atom is -0.370 e. The third-order valence-corrected chi connectivity index (χ3v) is 3.18. The van der Waals surface area contributed by atoms with Crippen molar-refractivity contribution < 1.29 is 9.18 Å².